The van der Waals surface area contributed by atoms with Crippen LogP contribution in [0.1, 0.15) is 51.0 Å². The van der Waals surface area contributed by atoms with Crippen molar-refractivity contribution in [2.45, 2.75) is 51.9 Å². The molecule has 0 aliphatic carbocycles. The van der Waals surface area contributed by atoms with Gasteiger partial charge >= 0.3 is 27.0 Å². The summed E-state index contributed by atoms with van der Waals surface area (Å²) in [4.78, 5) is 0. The molecule has 0 aromatic carbocycles. The zero-order valence-electron chi connectivity index (χ0n) is 9.60. The van der Waals surface area contributed by atoms with Crippen molar-refractivity contribution in [3.05, 3.63) is 22.4 Å². The van der Waals surface area contributed by atoms with Gasteiger partial charge in [0.05, 0.1) is 0 Å². The topological polar surface area (TPSA) is 0 Å². The van der Waals surface area contributed by atoms with E-state index in [9.17, 15) is 0 Å². The van der Waals surface area contributed by atoms with Crippen LogP contribution in [0, 0.1) is 5.38 Å². The second kappa shape index (κ2) is 12.7. The van der Waals surface area contributed by atoms with Gasteiger partial charge in [-0.1, -0.05) is 51.9 Å². The SMILES string of the molecule is CCCCCCCCc1[c-]scc1.[Cl][Zn+]. The van der Waals surface area contributed by atoms with Gasteiger partial charge in [0, 0.05) is 0 Å². The van der Waals surface area contributed by atoms with Crippen molar-refractivity contribution in [1.29, 1.82) is 0 Å². The summed E-state index contributed by atoms with van der Waals surface area (Å²) in [5, 5.41) is 5.40. The molecule has 0 aliphatic rings. The number of aryl methyl sites for hydroxylation is 1. The van der Waals surface area contributed by atoms with Crippen LogP contribution in [0.2, 0.25) is 0 Å². The molecule has 1 rings (SSSR count). The molecular weight excluding hydrogens is 277 g/mol. The van der Waals surface area contributed by atoms with Gasteiger partial charge < -0.3 is 11.3 Å². The van der Waals surface area contributed by atoms with Crippen LogP contribution in [0.5, 0.6) is 0 Å². The van der Waals surface area contributed by atoms with Crippen LogP contribution < -0.4 is 0 Å². The van der Waals surface area contributed by atoms with E-state index < -0.39 is 0 Å². The quantitative estimate of drug-likeness (QED) is 0.371. The van der Waals surface area contributed by atoms with Gasteiger partial charge in [-0.15, -0.1) is 5.38 Å². The Kier molecular flexibility index (Phi) is 13.2. The Labute approximate surface area is 112 Å². The first-order valence-corrected chi connectivity index (χ1v) is 10.4. The molecule has 0 saturated carbocycles. The minimum atomic E-state index is 0.847. The molecule has 0 atom stereocenters. The van der Waals surface area contributed by atoms with Crippen molar-refractivity contribution < 1.29 is 17.3 Å². The second-order valence-electron chi connectivity index (χ2n) is 3.57. The number of hydrogen-bond acceptors (Lipinski definition) is 1. The Balaban J connectivity index is 0.000000921. The monoisotopic (exact) mass is 294 g/mol. The molecule has 3 heteroatoms. The van der Waals surface area contributed by atoms with Gasteiger partial charge in [0.25, 0.3) is 0 Å². The molecular formula is C12H19ClSZn. The predicted octanol–water partition coefficient (Wildman–Crippen LogP) is 5.14. The van der Waals surface area contributed by atoms with Crippen molar-refractivity contribution in [1.82, 2.24) is 0 Å². The Morgan fingerprint density at radius 3 is 2.47 bits per heavy atom. The molecule has 1 heterocycles. The summed E-state index contributed by atoms with van der Waals surface area (Å²) in [6.45, 7) is 2.26. The molecule has 82 valence electrons. The van der Waals surface area contributed by atoms with E-state index in [1.54, 1.807) is 11.3 Å². The molecule has 1 aromatic rings. The first-order chi connectivity index (χ1) is 7.43. The average Bonchev–Trinajstić information content (AvgIpc) is 2.79. The van der Waals surface area contributed by atoms with Gasteiger partial charge in [0.1, 0.15) is 0 Å². The number of hydrogen-bond donors (Lipinski definition) is 0. The minimum absolute atomic E-state index is 0.847. The fourth-order valence-corrected chi connectivity index (χ4v) is 2.11. The van der Waals surface area contributed by atoms with Crippen LogP contribution in [0.15, 0.2) is 11.4 Å². The number of unbranched alkanes of at least 4 members (excludes halogenated alkanes) is 5. The van der Waals surface area contributed by atoms with E-state index in [1.807, 2.05) is 0 Å². The fraction of sp³-hybridized carbons (Fsp3) is 0.667. The standard InChI is InChI=1S/C12H19S.ClH.Zn/c1-2-3-4-5-6-7-8-12-9-10-13-11-12;;/h9-10H,2-8H2,1H3;1H;/q-1;;+2/p-1. The van der Waals surface area contributed by atoms with Crippen LogP contribution in [-0.2, 0) is 23.7 Å². The molecule has 1 aromatic heterocycles. The Morgan fingerprint density at radius 2 is 1.87 bits per heavy atom. The molecule has 0 amide bonds. The van der Waals surface area contributed by atoms with Crippen molar-refractivity contribution in [2.24, 2.45) is 0 Å². The van der Waals surface area contributed by atoms with Crippen LogP contribution in [0.25, 0.3) is 0 Å². The van der Waals surface area contributed by atoms with Gasteiger partial charge in [-0.2, -0.15) is 10.9 Å². The molecule has 0 bridgehead atoms. The van der Waals surface area contributed by atoms with E-state index >= 15 is 0 Å². The third-order valence-corrected chi connectivity index (χ3v) is 2.98. The van der Waals surface area contributed by atoms with Crippen molar-refractivity contribution in [2.75, 3.05) is 0 Å². The van der Waals surface area contributed by atoms with E-state index in [0.717, 1.165) is 17.3 Å². The zero-order valence-corrected chi connectivity index (χ0v) is 14.1. The van der Waals surface area contributed by atoms with Gasteiger partial charge in [0.2, 0.25) is 0 Å². The molecule has 0 fully saturated rings. The van der Waals surface area contributed by atoms with Crippen LogP contribution in [-0.4, -0.2) is 0 Å². The molecule has 0 aliphatic heterocycles. The molecule has 15 heavy (non-hydrogen) atoms. The summed E-state index contributed by atoms with van der Waals surface area (Å²) < 4.78 is 0. The zero-order chi connectivity index (χ0) is 11.4. The first kappa shape index (κ1) is 15.6. The second-order valence-corrected chi connectivity index (χ2v) is 4.28. The maximum absolute atomic E-state index is 4.76. The summed E-state index contributed by atoms with van der Waals surface area (Å²) in [5.41, 5.74) is 1.40. The molecule has 0 spiro atoms. The van der Waals surface area contributed by atoms with Gasteiger partial charge in [-0.3, -0.25) is 0 Å². The van der Waals surface area contributed by atoms with E-state index in [4.69, 9.17) is 9.69 Å². The Bertz CT molecular complexity index is 199. The molecule has 0 N–H and O–H groups in total. The van der Waals surface area contributed by atoms with Crippen LogP contribution in [0.3, 0.4) is 0 Å². The fourth-order valence-electron chi connectivity index (χ4n) is 1.49. The van der Waals surface area contributed by atoms with Crippen molar-refractivity contribution >= 4 is 21.0 Å². The molecule has 0 unspecified atom stereocenters. The van der Waals surface area contributed by atoms with E-state index in [0.29, 0.717) is 0 Å². The van der Waals surface area contributed by atoms with Gasteiger partial charge in [0.15, 0.2) is 0 Å². The number of halogens is 1. The Morgan fingerprint density at radius 1 is 1.20 bits per heavy atom. The van der Waals surface area contributed by atoms with Crippen LogP contribution in [0.4, 0.5) is 0 Å². The van der Waals surface area contributed by atoms with Gasteiger partial charge in [-0.05, 0) is 0 Å². The number of rotatable bonds is 7. The molecule has 0 radical (unpaired) electrons. The summed E-state index contributed by atoms with van der Waals surface area (Å²) in [7, 11) is 4.76. The molecule has 0 saturated heterocycles. The predicted molar refractivity (Wildman–Crippen MR) is 66.1 cm³/mol. The normalized spacial score (nSPS) is 9.60. The van der Waals surface area contributed by atoms with Gasteiger partial charge in [-0.25, -0.2) is 6.07 Å². The Hall–Kier alpha value is 0.613. The van der Waals surface area contributed by atoms with E-state index in [2.05, 4.69) is 23.8 Å². The third-order valence-electron chi connectivity index (χ3n) is 2.33. The van der Waals surface area contributed by atoms with E-state index in [1.165, 1.54) is 50.5 Å². The van der Waals surface area contributed by atoms with Crippen molar-refractivity contribution in [3.63, 3.8) is 0 Å². The van der Waals surface area contributed by atoms with E-state index in [-0.39, 0.29) is 0 Å². The summed E-state index contributed by atoms with van der Waals surface area (Å²) >= 11 is 2.53. The van der Waals surface area contributed by atoms with Crippen LogP contribution >= 0.6 is 21.0 Å². The summed E-state index contributed by atoms with van der Waals surface area (Å²) in [6, 6.07) is 2.19. The van der Waals surface area contributed by atoms with Crippen molar-refractivity contribution in [3.8, 4) is 0 Å². The average molecular weight is 296 g/mol. The molecule has 0 nitrogen and oxygen atoms in total. The summed E-state index contributed by atoms with van der Waals surface area (Å²) in [5.74, 6) is 0. The third kappa shape index (κ3) is 9.54. The maximum atomic E-state index is 4.76. The first-order valence-electron chi connectivity index (χ1n) is 5.64. The summed E-state index contributed by atoms with van der Waals surface area (Å²) in [6.07, 6.45) is 9.56. The number of thiophene rings is 1.